The first-order chi connectivity index (χ1) is 8.24. The summed E-state index contributed by atoms with van der Waals surface area (Å²) >= 11 is 0. The zero-order valence-electron chi connectivity index (χ0n) is 11.2. The normalized spacial score (nSPS) is 20.8. The average Bonchev–Trinajstić information content (AvgIpc) is 2.34. The van der Waals surface area contributed by atoms with Crippen molar-refractivity contribution in [3.8, 4) is 0 Å². The first kappa shape index (κ1) is 14.5. The second-order valence-corrected chi connectivity index (χ2v) is 5.03. The van der Waals surface area contributed by atoms with Crippen molar-refractivity contribution in [1.82, 2.24) is 10.2 Å². The first-order valence-electron chi connectivity index (χ1n) is 6.76. The van der Waals surface area contributed by atoms with Crippen LogP contribution in [-0.2, 0) is 9.53 Å². The predicted molar refractivity (Wildman–Crippen MR) is 69.0 cm³/mol. The van der Waals surface area contributed by atoms with Gasteiger partial charge < -0.3 is 10.1 Å². The third-order valence-electron chi connectivity index (χ3n) is 3.47. The van der Waals surface area contributed by atoms with E-state index in [1.807, 2.05) is 0 Å². The lowest BCUT2D eigenvalue weighted by atomic mass is 10.0. The molecule has 4 nitrogen and oxygen atoms in total. The molecule has 1 rings (SSSR count). The zero-order valence-corrected chi connectivity index (χ0v) is 11.2. The minimum atomic E-state index is 0.500. The summed E-state index contributed by atoms with van der Waals surface area (Å²) in [6.45, 7) is 8.49. The number of hydrogen-bond donors (Lipinski definition) is 1. The Morgan fingerprint density at radius 2 is 2.24 bits per heavy atom. The van der Waals surface area contributed by atoms with Gasteiger partial charge in [0.2, 0.25) is 0 Å². The molecule has 0 spiro atoms. The Morgan fingerprint density at radius 1 is 1.41 bits per heavy atom. The van der Waals surface area contributed by atoms with Gasteiger partial charge in [0.1, 0.15) is 6.61 Å². The lowest BCUT2D eigenvalue weighted by Crippen LogP contribution is -2.40. The van der Waals surface area contributed by atoms with Gasteiger partial charge in [-0.15, -0.1) is 0 Å². The fourth-order valence-electron chi connectivity index (χ4n) is 2.34. The van der Waals surface area contributed by atoms with Crippen molar-refractivity contribution < 1.29 is 9.53 Å². The molecule has 0 aromatic heterocycles. The summed E-state index contributed by atoms with van der Waals surface area (Å²) in [7, 11) is 0. The van der Waals surface area contributed by atoms with Crippen molar-refractivity contribution in [2.75, 3.05) is 26.2 Å². The van der Waals surface area contributed by atoms with E-state index in [9.17, 15) is 4.79 Å². The minimum Gasteiger partial charge on any atom is -0.467 e. The number of nitrogens with zero attached hydrogens (tertiary/aromatic N) is 1. The molecule has 0 amide bonds. The van der Waals surface area contributed by atoms with Crippen LogP contribution in [0.3, 0.4) is 0 Å². The summed E-state index contributed by atoms with van der Waals surface area (Å²) in [4.78, 5) is 12.5. The Kier molecular flexibility index (Phi) is 7.21. The number of ether oxygens (including phenoxy) is 1. The van der Waals surface area contributed by atoms with Crippen molar-refractivity contribution in [1.29, 1.82) is 0 Å². The highest BCUT2D eigenvalue weighted by Crippen LogP contribution is 2.11. The first-order valence-corrected chi connectivity index (χ1v) is 6.76. The van der Waals surface area contributed by atoms with Gasteiger partial charge in [0, 0.05) is 25.2 Å². The maximum atomic E-state index is 10.1. The molecule has 1 N–H and O–H groups in total. The molecule has 1 atom stereocenters. The van der Waals surface area contributed by atoms with Gasteiger partial charge >= 0.3 is 0 Å². The molecule has 4 heteroatoms. The van der Waals surface area contributed by atoms with Crippen LogP contribution in [0.4, 0.5) is 0 Å². The summed E-state index contributed by atoms with van der Waals surface area (Å²) in [5.41, 5.74) is 0. The lowest BCUT2D eigenvalue weighted by Gasteiger charge is -2.30. The van der Waals surface area contributed by atoms with Gasteiger partial charge in [0.15, 0.2) is 0 Å². The zero-order chi connectivity index (χ0) is 12.5. The molecule has 1 unspecified atom stereocenters. The van der Waals surface area contributed by atoms with Gasteiger partial charge in [0.25, 0.3) is 6.47 Å². The molecule has 0 saturated carbocycles. The molecule has 0 aromatic carbocycles. The van der Waals surface area contributed by atoms with E-state index in [1.165, 1.54) is 32.2 Å². The monoisotopic (exact) mass is 242 g/mol. The van der Waals surface area contributed by atoms with Crippen LogP contribution in [0.15, 0.2) is 0 Å². The van der Waals surface area contributed by atoms with Crippen LogP contribution in [0.2, 0.25) is 0 Å². The van der Waals surface area contributed by atoms with Crippen molar-refractivity contribution in [3.05, 3.63) is 0 Å². The van der Waals surface area contributed by atoms with Gasteiger partial charge in [-0.3, -0.25) is 9.69 Å². The van der Waals surface area contributed by atoms with E-state index in [0.29, 0.717) is 25.2 Å². The third kappa shape index (κ3) is 6.03. The van der Waals surface area contributed by atoms with Gasteiger partial charge in [0.05, 0.1) is 0 Å². The maximum Gasteiger partial charge on any atom is 0.293 e. The van der Waals surface area contributed by atoms with Crippen molar-refractivity contribution in [3.63, 3.8) is 0 Å². The fraction of sp³-hybridized carbons (Fsp3) is 0.923. The molecule has 0 aliphatic carbocycles. The highest BCUT2D eigenvalue weighted by atomic mass is 16.5. The van der Waals surface area contributed by atoms with Crippen molar-refractivity contribution >= 4 is 6.47 Å². The second-order valence-electron chi connectivity index (χ2n) is 5.03. The molecule has 1 saturated heterocycles. The van der Waals surface area contributed by atoms with E-state index in [-0.39, 0.29) is 0 Å². The van der Waals surface area contributed by atoms with Crippen LogP contribution in [0.25, 0.3) is 0 Å². The van der Waals surface area contributed by atoms with Crippen LogP contribution < -0.4 is 5.32 Å². The molecule has 0 radical (unpaired) electrons. The van der Waals surface area contributed by atoms with Crippen LogP contribution in [0, 0.1) is 0 Å². The van der Waals surface area contributed by atoms with E-state index >= 15 is 0 Å². The number of carbonyl (C=O) groups is 1. The van der Waals surface area contributed by atoms with Gasteiger partial charge in [-0.05, 0) is 39.7 Å². The highest BCUT2D eigenvalue weighted by molar-refractivity contribution is 5.36. The van der Waals surface area contributed by atoms with E-state index in [2.05, 4.69) is 24.1 Å². The predicted octanol–water partition coefficient (Wildman–Crippen LogP) is 1.40. The molecule has 0 bridgehead atoms. The Hall–Kier alpha value is -0.610. The summed E-state index contributed by atoms with van der Waals surface area (Å²) in [6, 6.07) is 1.19. The van der Waals surface area contributed by atoms with Crippen LogP contribution in [0.1, 0.15) is 39.5 Å². The number of carbonyl (C=O) groups excluding carboxylic acids is 1. The van der Waals surface area contributed by atoms with Crippen LogP contribution in [0.5, 0.6) is 0 Å². The average molecular weight is 242 g/mol. The minimum absolute atomic E-state index is 0.500. The van der Waals surface area contributed by atoms with Crippen LogP contribution in [-0.4, -0.2) is 49.7 Å². The molecule has 1 aliphatic rings. The van der Waals surface area contributed by atoms with E-state index in [4.69, 9.17) is 4.74 Å². The standard InChI is InChI=1S/C13H26N2O2/c1-12(2)15(9-10-17-11-16)8-6-13-5-3-4-7-14-13/h11-14H,3-10H2,1-2H3. The van der Waals surface area contributed by atoms with E-state index < -0.39 is 0 Å². The second kappa shape index (κ2) is 8.48. The Morgan fingerprint density at radius 3 is 2.82 bits per heavy atom. The summed E-state index contributed by atoms with van der Waals surface area (Å²) < 4.78 is 4.77. The summed E-state index contributed by atoms with van der Waals surface area (Å²) in [5.74, 6) is 0. The Labute approximate surface area is 105 Å². The molecular formula is C13H26N2O2. The molecule has 100 valence electrons. The maximum absolute atomic E-state index is 10.1. The highest BCUT2D eigenvalue weighted by Gasteiger charge is 2.15. The summed E-state index contributed by atoms with van der Waals surface area (Å²) in [5, 5.41) is 3.57. The van der Waals surface area contributed by atoms with Gasteiger partial charge in [-0.25, -0.2) is 0 Å². The Bertz CT molecular complexity index is 204. The quantitative estimate of drug-likeness (QED) is 0.516. The smallest absolute Gasteiger partial charge is 0.293 e. The third-order valence-corrected chi connectivity index (χ3v) is 3.47. The van der Waals surface area contributed by atoms with Crippen molar-refractivity contribution in [2.45, 2.75) is 51.6 Å². The largest absolute Gasteiger partial charge is 0.467 e. The molecule has 1 aliphatic heterocycles. The molecule has 1 heterocycles. The van der Waals surface area contributed by atoms with Crippen molar-refractivity contribution in [2.24, 2.45) is 0 Å². The SMILES string of the molecule is CC(C)N(CCOC=O)CCC1CCCCN1. The van der Waals surface area contributed by atoms with Crippen LogP contribution >= 0.6 is 0 Å². The van der Waals surface area contributed by atoms with E-state index in [1.54, 1.807) is 0 Å². The number of nitrogens with one attached hydrogen (secondary N) is 1. The molecule has 0 aromatic rings. The number of piperidine rings is 1. The number of rotatable bonds is 8. The van der Waals surface area contributed by atoms with E-state index in [0.717, 1.165) is 13.1 Å². The molecule has 1 fully saturated rings. The van der Waals surface area contributed by atoms with Gasteiger partial charge in [-0.2, -0.15) is 0 Å². The fourth-order valence-corrected chi connectivity index (χ4v) is 2.34. The molecular weight excluding hydrogens is 216 g/mol. The summed E-state index contributed by atoms with van der Waals surface area (Å²) in [6.07, 6.45) is 5.17. The lowest BCUT2D eigenvalue weighted by molar-refractivity contribution is -0.129. The Balaban J connectivity index is 2.20. The topological polar surface area (TPSA) is 41.6 Å². The number of hydrogen-bond acceptors (Lipinski definition) is 4. The van der Waals surface area contributed by atoms with Gasteiger partial charge in [-0.1, -0.05) is 6.42 Å². The molecule has 17 heavy (non-hydrogen) atoms.